The maximum absolute atomic E-state index is 10.9. The third-order valence-electron chi connectivity index (χ3n) is 2.10. The van der Waals surface area contributed by atoms with Gasteiger partial charge in [0.2, 0.25) is 0 Å². The summed E-state index contributed by atoms with van der Waals surface area (Å²) in [6, 6.07) is 6.25. The molecule has 0 amide bonds. The molecule has 0 radical (unpaired) electrons. The Balaban J connectivity index is 2.40. The van der Waals surface area contributed by atoms with Gasteiger partial charge in [-0.3, -0.25) is 10.1 Å². The monoisotopic (exact) mass is 406 g/mol. The van der Waals surface area contributed by atoms with Gasteiger partial charge in [0.15, 0.2) is 0 Å². The van der Waals surface area contributed by atoms with Crippen LogP contribution in [0.4, 0.5) is 5.69 Å². The molecule has 0 saturated carbocycles. The number of hydrogen-bond acceptors (Lipinski definition) is 4. The Kier molecular flexibility index (Phi) is 4.38. The standard InChI is InChI=1S/C11H5Br2ClN2O3/c12-6-1-2-10(8(14)3-6)19-11-9(16(17)18)4-7(13)5-15-11/h1-5H. The molecule has 0 bridgehead atoms. The average Bonchev–Trinajstić information content (AvgIpc) is 2.34. The third-order valence-corrected chi connectivity index (χ3v) is 3.32. The van der Waals surface area contributed by atoms with E-state index in [1.54, 1.807) is 18.2 Å². The number of pyridine rings is 1. The minimum absolute atomic E-state index is 0.113. The molecule has 0 unspecified atom stereocenters. The van der Waals surface area contributed by atoms with E-state index >= 15 is 0 Å². The molecule has 19 heavy (non-hydrogen) atoms. The fourth-order valence-electron chi connectivity index (χ4n) is 1.29. The maximum atomic E-state index is 10.9. The normalized spacial score (nSPS) is 10.3. The molecule has 0 atom stereocenters. The van der Waals surface area contributed by atoms with Crippen LogP contribution in [0.2, 0.25) is 5.02 Å². The number of rotatable bonds is 3. The van der Waals surface area contributed by atoms with E-state index in [0.29, 0.717) is 15.2 Å². The van der Waals surface area contributed by atoms with Gasteiger partial charge in [0.05, 0.1) is 9.95 Å². The van der Waals surface area contributed by atoms with Crippen molar-refractivity contribution < 1.29 is 9.66 Å². The zero-order chi connectivity index (χ0) is 14.0. The van der Waals surface area contributed by atoms with Gasteiger partial charge in [0.1, 0.15) is 5.75 Å². The molecule has 5 nitrogen and oxygen atoms in total. The van der Waals surface area contributed by atoms with Gasteiger partial charge < -0.3 is 4.74 Å². The van der Waals surface area contributed by atoms with E-state index in [2.05, 4.69) is 36.8 Å². The van der Waals surface area contributed by atoms with Gasteiger partial charge in [-0.2, -0.15) is 0 Å². The van der Waals surface area contributed by atoms with Gasteiger partial charge in [0, 0.05) is 21.2 Å². The van der Waals surface area contributed by atoms with Gasteiger partial charge in [-0.15, -0.1) is 0 Å². The Bertz CT molecular complexity index is 652. The van der Waals surface area contributed by atoms with E-state index < -0.39 is 4.92 Å². The Morgan fingerprint density at radius 2 is 2.00 bits per heavy atom. The SMILES string of the molecule is O=[N+]([O-])c1cc(Br)cnc1Oc1ccc(Br)cc1Cl. The van der Waals surface area contributed by atoms with Crippen molar-refractivity contribution in [3.63, 3.8) is 0 Å². The molecule has 1 heterocycles. The molecule has 0 aliphatic heterocycles. The summed E-state index contributed by atoms with van der Waals surface area (Å²) in [5, 5.41) is 11.3. The van der Waals surface area contributed by atoms with E-state index in [1.807, 2.05) is 0 Å². The lowest BCUT2D eigenvalue weighted by molar-refractivity contribution is -0.386. The van der Waals surface area contributed by atoms with Crippen molar-refractivity contribution in [1.29, 1.82) is 0 Å². The van der Waals surface area contributed by atoms with E-state index in [-0.39, 0.29) is 11.6 Å². The van der Waals surface area contributed by atoms with Crippen molar-refractivity contribution in [3.05, 3.63) is 54.5 Å². The number of nitrogens with zero attached hydrogens (tertiary/aromatic N) is 2. The topological polar surface area (TPSA) is 65.3 Å². The molecule has 0 N–H and O–H groups in total. The smallest absolute Gasteiger partial charge is 0.332 e. The fraction of sp³-hybridized carbons (Fsp3) is 0. The number of aromatic nitrogens is 1. The summed E-state index contributed by atoms with van der Waals surface area (Å²) in [5.41, 5.74) is -0.242. The zero-order valence-electron chi connectivity index (χ0n) is 9.14. The lowest BCUT2D eigenvalue weighted by Crippen LogP contribution is -1.96. The number of ether oxygens (including phenoxy) is 1. The van der Waals surface area contributed by atoms with Crippen molar-refractivity contribution in [3.8, 4) is 11.6 Å². The molecule has 0 spiro atoms. The Hall–Kier alpha value is -1.18. The third kappa shape index (κ3) is 3.43. The van der Waals surface area contributed by atoms with Crippen molar-refractivity contribution >= 4 is 49.1 Å². The first-order valence-corrected chi connectivity index (χ1v) is 6.86. The summed E-state index contributed by atoms with van der Waals surface area (Å²) in [4.78, 5) is 14.2. The van der Waals surface area contributed by atoms with Crippen molar-refractivity contribution in [2.24, 2.45) is 0 Å². The summed E-state index contributed by atoms with van der Waals surface area (Å²) in [6.45, 7) is 0. The van der Waals surface area contributed by atoms with Gasteiger partial charge in [0.25, 0.3) is 5.88 Å². The fourth-order valence-corrected chi connectivity index (χ4v) is 2.32. The van der Waals surface area contributed by atoms with Crippen LogP contribution in [0, 0.1) is 10.1 Å². The van der Waals surface area contributed by atoms with E-state index in [9.17, 15) is 10.1 Å². The molecule has 0 saturated heterocycles. The molecule has 98 valence electrons. The average molecular weight is 408 g/mol. The van der Waals surface area contributed by atoms with Gasteiger partial charge in [-0.1, -0.05) is 27.5 Å². The van der Waals surface area contributed by atoms with Crippen LogP contribution < -0.4 is 4.74 Å². The first-order chi connectivity index (χ1) is 8.97. The summed E-state index contributed by atoms with van der Waals surface area (Å²) in [7, 11) is 0. The molecule has 0 aliphatic carbocycles. The van der Waals surface area contributed by atoms with Gasteiger partial charge in [-0.05, 0) is 34.1 Å². The molecule has 2 rings (SSSR count). The van der Waals surface area contributed by atoms with Crippen LogP contribution in [0.25, 0.3) is 0 Å². The first-order valence-electron chi connectivity index (χ1n) is 4.90. The number of hydrogen-bond donors (Lipinski definition) is 0. The highest BCUT2D eigenvalue weighted by Gasteiger charge is 2.19. The first kappa shape index (κ1) is 14.2. The predicted octanol–water partition coefficient (Wildman–Crippen LogP) is 4.96. The zero-order valence-corrected chi connectivity index (χ0v) is 13.1. The lowest BCUT2D eigenvalue weighted by Gasteiger charge is -2.07. The molecule has 2 aromatic rings. The van der Waals surface area contributed by atoms with Gasteiger partial charge >= 0.3 is 5.69 Å². The van der Waals surface area contributed by atoms with Crippen LogP contribution in [0.1, 0.15) is 0 Å². The van der Waals surface area contributed by atoms with Crippen molar-refractivity contribution in [1.82, 2.24) is 4.98 Å². The Morgan fingerprint density at radius 1 is 1.26 bits per heavy atom. The quantitative estimate of drug-likeness (QED) is 0.532. The van der Waals surface area contributed by atoms with Gasteiger partial charge in [-0.25, -0.2) is 4.98 Å². The lowest BCUT2D eigenvalue weighted by atomic mass is 10.3. The Morgan fingerprint density at radius 3 is 2.63 bits per heavy atom. The minimum Gasteiger partial charge on any atom is -0.432 e. The highest BCUT2D eigenvalue weighted by Crippen LogP contribution is 2.35. The van der Waals surface area contributed by atoms with Crippen molar-refractivity contribution in [2.75, 3.05) is 0 Å². The Labute approximate surface area is 130 Å². The van der Waals surface area contributed by atoms with Crippen molar-refractivity contribution in [2.45, 2.75) is 0 Å². The molecule has 1 aromatic carbocycles. The summed E-state index contributed by atoms with van der Waals surface area (Å²) < 4.78 is 6.66. The number of halogens is 3. The van der Waals surface area contributed by atoms with Crippen LogP contribution in [0.5, 0.6) is 11.6 Å². The molecule has 1 aromatic heterocycles. The van der Waals surface area contributed by atoms with Crippen LogP contribution in [0.3, 0.4) is 0 Å². The second kappa shape index (κ2) is 5.85. The highest BCUT2D eigenvalue weighted by molar-refractivity contribution is 9.10. The second-order valence-electron chi connectivity index (χ2n) is 3.41. The van der Waals surface area contributed by atoms with Crippen LogP contribution in [-0.4, -0.2) is 9.91 Å². The van der Waals surface area contributed by atoms with E-state index in [0.717, 1.165) is 4.47 Å². The number of nitro groups is 1. The largest absolute Gasteiger partial charge is 0.432 e. The van der Waals surface area contributed by atoms with E-state index in [1.165, 1.54) is 12.3 Å². The molecule has 0 aliphatic rings. The molecule has 0 fully saturated rings. The maximum Gasteiger partial charge on any atom is 0.332 e. The summed E-state index contributed by atoms with van der Waals surface area (Å²) in [6.07, 6.45) is 1.41. The summed E-state index contributed by atoms with van der Waals surface area (Å²) in [5.74, 6) is 0.181. The summed E-state index contributed by atoms with van der Waals surface area (Å²) >= 11 is 12.4. The molecular weight excluding hydrogens is 403 g/mol. The van der Waals surface area contributed by atoms with Crippen LogP contribution in [-0.2, 0) is 0 Å². The minimum atomic E-state index is -0.570. The molecular formula is C11H5Br2ClN2O3. The van der Waals surface area contributed by atoms with Crippen LogP contribution in [0.15, 0.2) is 39.4 Å². The van der Waals surface area contributed by atoms with Crippen LogP contribution >= 0.6 is 43.5 Å². The second-order valence-corrected chi connectivity index (χ2v) is 5.65. The highest BCUT2D eigenvalue weighted by atomic mass is 79.9. The molecule has 8 heteroatoms. The number of benzene rings is 1. The van der Waals surface area contributed by atoms with E-state index in [4.69, 9.17) is 16.3 Å². The predicted molar refractivity (Wildman–Crippen MR) is 77.8 cm³/mol.